The predicted octanol–water partition coefficient (Wildman–Crippen LogP) is 5.05. The number of benzene rings is 2. The first-order chi connectivity index (χ1) is 14.1. The Morgan fingerprint density at radius 2 is 1.69 bits per heavy atom. The van der Waals surface area contributed by atoms with Crippen LogP contribution in [0.3, 0.4) is 0 Å². The number of amides is 1. The molecular formula is C21H15F2N3OS2. The lowest BCUT2D eigenvalue weighted by atomic mass is 10.1. The van der Waals surface area contributed by atoms with Gasteiger partial charge in [-0.1, -0.05) is 36.0 Å². The summed E-state index contributed by atoms with van der Waals surface area (Å²) in [6, 6.07) is 12.3. The summed E-state index contributed by atoms with van der Waals surface area (Å²) in [7, 11) is 0. The first-order valence-corrected chi connectivity index (χ1v) is 10.6. The minimum atomic E-state index is -0.309. The molecule has 1 N–H and O–H groups in total. The summed E-state index contributed by atoms with van der Waals surface area (Å²) in [5.74, 6) is -0.566. The monoisotopic (exact) mass is 427 g/mol. The highest BCUT2D eigenvalue weighted by molar-refractivity contribution is 8.00. The van der Waals surface area contributed by atoms with Crippen LogP contribution < -0.4 is 5.32 Å². The molecule has 1 amide bonds. The summed E-state index contributed by atoms with van der Waals surface area (Å²) in [5.41, 5.74) is 2.61. The fourth-order valence-corrected chi connectivity index (χ4v) is 4.61. The van der Waals surface area contributed by atoms with Crippen LogP contribution in [-0.4, -0.2) is 21.6 Å². The van der Waals surface area contributed by atoms with Gasteiger partial charge in [-0.3, -0.25) is 4.79 Å². The highest BCUT2D eigenvalue weighted by Gasteiger charge is 2.15. The second-order valence-corrected chi connectivity index (χ2v) is 8.03. The normalized spacial score (nSPS) is 11.0. The molecule has 2 heterocycles. The standard InChI is InChI=1S/C21H15F2N3OS2/c22-15-5-1-13(2-6-15)9-24-18(27)11-29-21-19-17(10-28-20(19)25-12-26-21)14-3-7-16(23)8-4-14/h1-8,10,12H,9,11H2,(H,24,27). The van der Waals surface area contributed by atoms with Crippen LogP contribution >= 0.6 is 23.1 Å². The molecule has 146 valence electrons. The second-order valence-electron chi connectivity index (χ2n) is 6.21. The van der Waals surface area contributed by atoms with Crippen LogP contribution in [-0.2, 0) is 11.3 Å². The zero-order valence-corrected chi connectivity index (χ0v) is 16.7. The SMILES string of the molecule is O=C(CSc1ncnc2scc(-c3ccc(F)cc3)c12)NCc1ccc(F)cc1. The Bertz CT molecular complexity index is 1150. The van der Waals surface area contributed by atoms with Crippen molar-refractivity contribution in [2.24, 2.45) is 0 Å². The van der Waals surface area contributed by atoms with Crippen LogP contribution in [0.4, 0.5) is 8.78 Å². The molecule has 0 aliphatic rings. The molecule has 0 spiro atoms. The Morgan fingerprint density at radius 1 is 1.00 bits per heavy atom. The van der Waals surface area contributed by atoms with E-state index in [1.54, 1.807) is 24.3 Å². The van der Waals surface area contributed by atoms with Gasteiger partial charge in [0, 0.05) is 17.5 Å². The number of thioether (sulfide) groups is 1. The number of aromatic nitrogens is 2. The molecule has 4 rings (SSSR count). The number of hydrogen-bond donors (Lipinski definition) is 1. The molecule has 4 nitrogen and oxygen atoms in total. The summed E-state index contributed by atoms with van der Waals surface area (Å²) in [4.78, 5) is 21.7. The van der Waals surface area contributed by atoms with Crippen molar-refractivity contribution in [1.29, 1.82) is 0 Å². The maximum Gasteiger partial charge on any atom is 0.230 e. The highest BCUT2D eigenvalue weighted by atomic mass is 32.2. The summed E-state index contributed by atoms with van der Waals surface area (Å²) >= 11 is 2.80. The summed E-state index contributed by atoms with van der Waals surface area (Å²) in [6.45, 7) is 0.331. The van der Waals surface area contributed by atoms with E-state index in [2.05, 4.69) is 15.3 Å². The topological polar surface area (TPSA) is 54.9 Å². The largest absolute Gasteiger partial charge is 0.351 e. The van der Waals surface area contributed by atoms with E-state index in [0.717, 1.165) is 26.9 Å². The van der Waals surface area contributed by atoms with Crippen molar-refractivity contribution in [3.8, 4) is 11.1 Å². The van der Waals surface area contributed by atoms with Crippen molar-refractivity contribution in [1.82, 2.24) is 15.3 Å². The van der Waals surface area contributed by atoms with Crippen LogP contribution in [0.1, 0.15) is 5.56 Å². The molecule has 8 heteroatoms. The van der Waals surface area contributed by atoms with E-state index >= 15 is 0 Å². The Labute approximate surface area is 174 Å². The Hall–Kier alpha value is -2.84. The molecule has 0 fully saturated rings. The fraction of sp³-hybridized carbons (Fsp3) is 0.0952. The van der Waals surface area contributed by atoms with Crippen LogP contribution in [0.2, 0.25) is 0 Å². The second kappa shape index (κ2) is 8.67. The molecule has 2 aromatic carbocycles. The van der Waals surface area contributed by atoms with E-state index in [1.807, 2.05) is 5.38 Å². The van der Waals surface area contributed by atoms with E-state index in [-0.39, 0.29) is 23.3 Å². The molecule has 0 atom stereocenters. The smallest absolute Gasteiger partial charge is 0.230 e. The molecule has 0 saturated carbocycles. The lowest BCUT2D eigenvalue weighted by molar-refractivity contribution is -0.118. The number of nitrogens with one attached hydrogen (secondary N) is 1. The van der Waals surface area contributed by atoms with E-state index in [0.29, 0.717) is 11.6 Å². The summed E-state index contributed by atoms with van der Waals surface area (Å²) < 4.78 is 26.2. The lowest BCUT2D eigenvalue weighted by Gasteiger charge is -2.07. The van der Waals surface area contributed by atoms with Gasteiger partial charge in [0.25, 0.3) is 0 Å². The van der Waals surface area contributed by atoms with Gasteiger partial charge in [-0.05, 0) is 35.4 Å². The van der Waals surface area contributed by atoms with Crippen LogP contribution in [0.5, 0.6) is 0 Å². The maximum atomic E-state index is 13.3. The molecule has 0 radical (unpaired) electrons. The number of fused-ring (bicyclic) bond motifs is 1. The van der Waals surface area contributed by atoms with E-state index in [4.69, 9.17) is 0 Å². The van der Waals surface area contributed by atoms with Crippen LogP contribution in [0.15, 0.2) is 65.3 Å². The van der Waals surface area contributed by atoms with E-state index in [9.17, 15) is 13.6 Å². The van der Waals surface area contributed by atoms with Crippen molar-refractivity contribution in [2.45, 2.75) is 11.6 Å². The Balaban J connectivity index is 1.47. The zero-order chi connectivity index (χ0) is 20.2. The number of hydrogen-bond acceptors (Lipinski definition) is 5. The van der Waals surface area contributed by atoms with Crippen LogP contribution in [0.25, 0.3) is 21.3 Å². The van der Waals surface area contributed by atoms with Crippen LogP contribution in [0, 0.1) is 11.6 Å². The van der Waals surface area contributed by atoms with E-state index < -0.39 is 0 Å². The zero-order valence-electron chi connectivity index (χ0n) is 15.1. The highest BCUT2D eigenvalue weighted by Crippen LogP contribution is 2.37. The number of carbonyl (C=O) groups is 1. The minimum Gasteiger partial charge on any atom is -0.351 e. The molecule has 29 heavy (non-hydrogen) atoms. The number of nitrogens with zero attached hydrogens (tertiary/aromatic N) is 2. The molecule has 4 aromatic rings. The Kier molecular flexibility index (Phi) is 5.82. The molecule has 2 aromatic heterocycles. The summed E-state index contributed by atoms with van der Waals surface area (Å²) in [5, 5.41) is 6.34. The number of rotatable bonds is 6. The number of carbonyl (C=O) groups excluding carboxylic acids is 1. The van der Waals surface area contributed by atoms with Crippen molar-refractivity contribution >= 4 is 39.2 Å². The lowest BCUT2D eigenvalue weighted by Crippen LogP contribution is -2.24. The third-order valence-corrected chi connectivity index (χ3v) is 6.11. The maximum absolute atomic E-state index is 13.3. The predicted molar refractivity (Wildman–Crippen MR) is 112 cm³/mol. The molecule has 0 unspecified atom stereocenters. The quantitative estimate of drug-likeness (QED) is 0.346. The van der Waals surface area contributed by atoms with Gasteiger partial charge in [0.2, 0.25) is 5.91 Å². The third-order valence-electron chi connectivity index (χ3n) is 4.23. The summed E-state index contributed by atoms with van der Waals surface area (Å²) in [6.07, 6.45) is 1.48. The van der Waals surface area contributed by atoms with Crippen molar-refractivity contribution < 1.29 is 13.6 Å². The molecule has 0 aliphatic heterocycles. The molecule has 0 bridgehead atoms. The van der Waals surface area contributed by atoms with Gasteiger partial charge in [-0.25, -0.2) is 18.7 Å². The first-order valence-electron chi connectivity index (χ1n) is 8.72. The minimum absolute atomic E-state index is 0.148. The van der Waals surface area contributed by atoms with Crippen molar-refractivity contribution in [2.75, 3.05) is 5.75 Å². The molecule has 0 aliphatic carbocycles. The average Bonchev–Trinajstić information content (AvgIpc) is 3.17. The average molecular weight is 428 g/mol. The van der Waals surface area contributed by atoms with Crippen molar-refractivity contribution in [3.05, 3.63) is 77.4 Å². The van der Waals surface area contributed by atoms with Gasteiger partial charge in [0.15, 0.2) is 0 Å². The van der Waals surface area contributed by atoms with Gasteiger partial charge >= 0.3 is 0 Å². The molecule has 0 saturated heterocycles. The van der Waals surface area contributed by atoms with E-state index in [1.165, 1.54) is 53.7 Å². The molecular weight excluding hydrogens is 412 g/mol. The van der Waals surface area contributed by atoms with Gasteiger partial charge in [-0.15, -0.1) is 11.3 Å². The van der Waals surface area contributed by atoms with Gasteiger partial charge in [0.05, 0.1) is 11.1 Å². The van der Waals surface area contributed by atoms with Crippen molar-refractivity contribution in [3.63, 3.8) is 0 Å². The van der Waals surface area contributed by atoms with Gasteiger partial charge < -0.3 is 5.32 Å². The number of thiophene rings is 1. The van der Waals surface area contributed by atoms with Gasteiger partial charge in [-0.2, -0.15) is 0 Å². The number of halogens is 2. The first kappa shape index (κ1) is 19.5. The third kappa shape index (κ3) is 4.60. The van der Waals surface area contributed by atoms with Gasteiger partial charge in [0.1, 0.15) is 27.8 Å². The fourth-order valence-electron chi connectivity index (χ4n) is 2.79. The Morgan fingerprint density at radius 3 is 2.41 bits per heavy atom.